The topological polar surface area (TPSA) is 49.4 Å². The molecule has 0 unspecified atom stereocenters. The van der Waals surface area contributed by atoms with Gasteiger partial charge in [-0.1, -0.05) is 0 Å². The Morgan fingerprint density at radius 2 is 1.63 bits per heavy atom. The number of sulfone groups is 1. The lowest BCUT2D eigenvalue weighted by atomic mass is 10.2. The van der Waals surface area contributed by atoms with Gasteiger partial charge < -0.3 is 10.2 Å². The molecule has 0 saturated carbocycles. The van der Waals surface area contributed by atoms with Crippen molar-refractivity contribution >= 4 is 21.2 Å². The molecule has 0 atom stereocenters. The Bertz CT molecular complexity index is 499. The lowest BCUT2D eigenvalue weighted by Crippen LogP contribution is -2.32. The summed E-state index contributed by atoms with van der Waals surface area (Å²) in [5.41, 5.74) is 2.06. The largest absolute Gasteiger partial charge is 0.384 e. The highest BCUT2D eigenvalue weighted by molar-refractivity contribution is 7.92. The monoisotopic (exact) mass is 284 g/mol. The third-order valence-corrected chi connectivity index (χ3v) is 5.62. The minimum Gasteiger partial charge on any atom is -0.384 e. The van der Waals surface area contributed by atoms with Gasteiger partial charge in [0.05, 0.1) is 10.5 Å². The maximum Gasteiger partial charge on any atom is 0.156 e. The van der Waals surface area contributed by atoms with Gasteiger partial charge in [0.1, 0.15) is 0 Å². The van der Waals surface area contributed by atoms with E-state index in [0.29, 0.717) is 6.54 Å². The minimum absolute atomic E-state index is 0.145. The third kappa shape index (κ3) is 4.42. The van der Waals surface area contributed by atoms with Crippen LogP contribution >= 0.6 is 0 Å². The second-order valence-electron chi connectivity index (χ2n) is 5.80. The van der Waals surface area contributed by atoms with Gasteiger partial charge >= 0.3 is 0 Å². The zero-order chi connectivity index (χ0) is 14.7. The molecule has 5 heteroatoms. The van der Waals surface area contributed by atoms with E-state index < -0.39 is 14.6 Å². The van der Waals surface area contributed by atoms with E-state index in [2.05, 4.69) is 5.32 Å². The van der Waals surface area contributed by atoms with Gasteiger partial charge in [0.25, 0.3) is 0 Å². The zero-order valence-electron chi connectivity index (χ0n) is 12.4. The first-order valence-electron chi connectivity index (χ1n) is 6.37. The molecule has 4 nitrogen and oxygen atoms in total. The first-order valence-corrected chi connectivity index (χ1v) is 8.02. The average Bonchev–Trinajstić information content (AvgIpc) is 2.28. The Kier molecular flexibility index (Phi) is 4.85. The molecule has 0 aliphatic rings. The van der Waals surface area contributed by atoms with Gasteiger partial charge in [0, 0.05) is 32.0 Å². The Labute approximate surface area is 116 Å². The van der Waals surface area contributed by atoms with Crippen molar-refractivity contribution in [2.24, 2.45) is 0 Å². The molecule has 0 aliphatic carbocycles. The molecule has 0 saturated heterocycles. The van der Waals surface area contributed by atoms with E-state index in [1.54, 1.807) is 20.8 Å². The Balaban J connectivity index is 2.55. The molecule has 1 aromatic rings. The minimum atomic E-state index is -3.06. The van der Waals surface area contributed by atoms with Crippen LogP contribution in [0.2, 0.25) is 0 Å². The van der Waals surface area contributed by atoms with Crippen molar-refractivity contribution in [3.05, 3.63) is 24.3 Å². The summed E-state index contributed by atoms with van der Waals surface area (Å²) in [5, 5.41) is 3.14. The molecule has 19 heavy (non-hydrogen) atoms. The fourth-order valence-corrected chi connectivity index (χ4v) is 2.50. The second-order valence-corrected chi connectivity index (χ2v) is 8.66. The number of hydrogen-bond acceptors (Lipinski definition) is 4. The predicted octanol–water partition coefficient (Wildman–Crippen LogP) is 2.38. The molecule has 0 spiro atoms. The van der Waals surface area contributed by atoms with Crippen LogP contribution in [0.4, 0.5) is 11.4 Å². The Hall–Kier alpha value is -1.23. The van der Waals surface area contributed by atoms with E-state index in [9.17, 15) is 8.42 Å². The van der Waals surface area contributed by atoms with Crippen LogP contribution in [-0.2, 0) is 9.84 Å². The molecule has 1 rings (SSSR count). The van der Waals surface area contributed by atoms with Gasteiger partial charge in [-0.2, -0.15) is 0 Å². The van der Waals surface area contributed by atoms with Crippen LogP contribution in [0.15, 0.2) is 24.3 Å². The zero-order valence-corrected chi connectivity index (χ0v) is 13.2. The van der Waals surface area contributed by atoms with Gasteiger partial charge in [-0.15, -0.1) is 0 Å². The summed E-state index contributed by atoms with van der Waals surface area (Å²) >= 11 is 0. The van der Waals surface area contributed by atoms with Crippen molar-refractivity contribution in [3.63, 3.8) is 0 Å². The highest BCUT2D eigenvalue weighted by Gasteiger charge is 2.28. The summed E-state index contributed by atoms with van der Waals surface area (Å²) in [6, 6.07) is 7.92. The highest BCUT2D eigenvalue weighted by Crippen LogP contribution is 2.17. The van der Waals surface area contributed by atoms with Crippen LogP contribution in [0, 0.1) is 0 Å². The number of benzene rings is 1. The van der Waals surface area contributed by atoms with Gasteiger partial charge in [-0.3, -0.25) is 0 Å². The quantitative estimate of drug-likeness (QED) is 0.902. The van der Waals surface area contributed by atoms with Crippen LogP contribution in [-0.4, -0.2) is 39.6 Å². The van der Waals surface area contributed by atoms with Crippen molar-refractivity contribution in [1.29, 1.82) is 0 Å². The smallest absolute Gasteiger partial charge is 0.156 e. The maximum atomic E-state index is 11.9. The van der Waals surface area contributed by atoms with E-state index in [1.807, 2.05) is 43.3 Å². The molecule has 0 amide bonds. The van der Waals surface area contributed by atoms with Crippen molar-refractivity contribution in [2.75, 3.05) is 36.6 Å². The average molecular weight is 284 g/mol. The molecule has 1 N–H and O–H groups in total. The molecule has 0 heterocycles. The van der Waals surface area contributed by atoms with Crippen LogP contribution in [0.25, 0.3) is 0 Å². The molecule has 0 aliphatic heterocycles. The summed E-state index contributed by atoms with van der Waals surface area (Å²) in [6.45, 7) is 5.62. The summed E-state index contributed by atoms with van der Waals surface area (Å²) < 4.78 is 23.2. The number of nitrogens with zero attached hydrogens (tertiary/aromatic N) is 1. The molecular formula is C14H24N2O2S. The first kappa shape index (κ1) is 15.8. The van der Waals surface area contributed by atoms with E-state index in [1.165, 1.54) is 0 Å². The standard InChI is InChI=1S/C14H24N2O2S/c1-14(2,3)19(17,18)11-10-15-12-6-8-13(9-7-12)16(4)5/h6-9,15H,10-11H2,1-5H3. The van der Waals surface area contributed by atoms with Crippen LogP contribution in [0.1, 0.15) is 20.8 Å². The van der Waals surface area contributed by atoms with Crippen molar-refractivity contribution in [1.82, 2.24) is 0 Å². The van der Waals surface area contributed by atoms with Crippen LogP contribution in [0.3, 0.4) is 0 Å². The van der Waals surface area contributed by atoms with Gasteiger partial charge in [-0.25, -0.2) is 8.42 Å². The molecule has 0 fully saturated rings. The fraction of sp³-hybridized carbons (Fsp3) is 0.571. The van der Waals surface area contributed by atoms with Crippen molar-refractivity contribution < 1.29 is 8.42 Å². The van der Waals surface area contributed by atoms with Crippen molar-refractivity contribution in [2.45, 2.75) is 25.5 Å². The summed E-state index contributed by atoms with van der Waals surface area (Å²) in [7, 11) is 0.909. The number of nitrogens with one attached hydrogen (secondary N) is 1. The molecule has 0 bridgehead atoms. The molecule has 0 radical (unpaired) electrons. The summed E-state index contributed by atoms with van der Waals surface area (Å²) in [4.78, 5) is 2.02. The lowest BCUT2D eigenvalue weighted by Gasteiger charge is -2.19. The highest BCUT2D eigenvalue weighted by atomic mass is 32.2. The fourth-order valence-electron chi connectivity index (χ4n) is 1.51. The number of hydrogen-bond donors (Lipinski definition) is 1. The molecule has 1 aromatic carbocycles. The van der Waals surface area contributed by atoms with Gasteiger partial charge in [-0.05, 0) is 45.0 Å². The SMILES string of the molecule is CN(C)c1ccc(NCCS(=O)(=O)C(C)(C)C)cc1. The predicted molar refractivity (Wildman–Crippen MR) is 82.8 cm³/mol. The van der Waals surface area contributed by atoms with Crippen LogP contribution < -0.4 is 10.2 Å². The van der Waals surface area contributed by atoms with E-state index >= 15 is 0 Å². The normalized spacial score (nSPS) is 12.3. The first-order chi connectivity index (χ1) is 8.63. The maximum absolute atomic E-state index is 11.9. The van der Waals surface area contributed by atoms with E-state index in [0.717, 1.165) is 11.4 Å². The van der Waals surface area contributed by atoms with E-state index in [4.69, 9.17) is 0 Å². The molecule has 108 valence electrons. The van der Waals surface area contributed by atoms with Crippen molar-refractivity contribution in [3.8, 4) is 0 Å². The Morgan fingerprint density at radius 1 is 1.11 bits per heavy atom. The van der Waals surface area contributed by atoms with Gasteiger partial charge in [0.15, 0.2) is 9.84 Å². The summed E-state index contributed by atoms with van der Waals surface area (Å²) in [5.74, 6) is 0.145. The third-order valence-electron chi connectivity index (χ3n) is 3.02. The molecular weight excluding hydrogens is 260 g/mol. The number of rotatable bonds is 5. The van der Waals surface area contributed by atoms with Crippen LogP contribution in [0.5, 0.6) is 0 Å². The second kappa shape index (κ2) is 5.82. The Morgan fingerprint density at radius 3 is 2.05 bits per heavy atom. The van der Waals surface area contributed by atoms with E-state index in [-0.39, 0.29) is 5.75 Å². The van der Waals surface area contributed by atoms with Gasteiger partial charge in [0.2, 0.25) is 0 Å². The number of anilines is 2. The lowest BCUT2D eigenvalue weighted by molar-refractivity contribution is 0.560. The summed E-state index contributed by atoms with van der Waals surface area (Å²) in [6.07, 6.45) is 0. The molecule has 0 aromatic heterocycles.